The molecule has 1 heterocycles. The number of fused-ring (bicyclic) bond motifs is 2. The molecular weight excluding hydrogens is 700 g/mol. The number of carboxylic acid groups (broad SMARTS) is 1. The average Bonchev–Trinajstić information content (AvgIpc) is 2.69. The van der Waals surface area contributed by atoms with E-state index in [4.69, 9.17) is 50.8 Å². The second-order valence-corrected chi connectivity index (χ2v) is 10.1. The van der Waals surface area contributed by atoms with E-state index in [-0.39, 0.29) is 42.4 Å². The van der Waals surface area contributed by atoms with Gasteiger partial charge in [-0.2, -0.15) is 0 Å². The maximum atomic E-state index is 12.2. The SMILES string of the molecule is O=C(O)c1c(Cl)c(Cl)c(Cl)c(Cl)c1-c1c2cc(I)c(=O)cc-2oc2ccc(I)cc12. The van der Waals surface area contributed by atoms with E-state index in [1.807, 2.05) is 34.7 Å². The lowest BCUT2D eigenvalue weighted by molar-refractivity contribution is 0.0698. The molecule has 0 atom stereocenters. The molecule has 1 aliphatic carbocycles. The largest absolute Gasteiger partial charge is 0.478 e. The van der Waals surface area contributed by atoms with Gasteiger partial charge in [-0.15, -0.1) is 0 Å². The molecule has 10 heteroatoms. The van der Waals surface area contributed by atoms with Crippen molar-refractivity contribution in [1.29, 1.82) is 0 Å². The van der Waals surface area contributed by atoms with Crippen molar-refractivity contribution in [3.8, 4) is 22.5 Å². The number of hydrogen-bond donors (Lipinski definition) is 1. The van der Waals surface area contributed by atoms with Crippen LogP contribution < -0.4 is 5.43 Å². The van der Waals surface area contributed by atoms with Crippen LogP contribution in [0.3, 0.4) is 0 Å². The van der Waals surface area contributed by atoms with Crippen molar-refractivity contribution in [3.05, 3.63) is 73.3 Å². The molecule has 4 rings (SSSR count). The smallest absolute Gasteiger partial charge is 0.337 e. The molecule has 0 unspecified atom stereocenters. The van der Waals surface area contributed by atoms with Gasteiger partial charge in [0.05, 0.1) is 29.2 Å². The highest BCUT2D eigenvalue weighted by molar-refractivity contribution is 14.1. The Kier molecular flexibility index (Phi) is 6.19. The molecule has 4 nitrogen and oxygen atoms in total. The van der Waals surface area contributed by atoms with Crippen molar-refractivity contribution in [1.82, 2.24) is 0 Å². The second kappa shape index (κ2) is 8.29. The van der Waals surface area contributed by atoms with Gasteiger partial charge in [0.1, 0.15) is 11.3 Å². The van der Waals surface area contributed by atoms with Crippen LogP contribution in [0.1, 0.15) is 10.4 Å². The Morgan fingerprint density at radius 1 is 0.900 bits per heavy atom. The number of halogens is 6. The van der Waals surface area contributed by atoms with Gasteiger partial charge >= 0.3 is 5.97 Å². The Morgan fingerprint density at radius 3 is 2.23 bits per heavy atom. The van der Waals surface area contributed by atoms with E-state index < -0.39 is 5.97 Å². The van der Waals surface area contributed by atoms with E-state index in [0.717, 1.165) is 3.57 Å². The number of carboxylic acids is 1. The van der Waals surface area contributed by atoms with Crippen molar-refractivity contribution in [2.24, 2.45) is 0 Å². The van der Waals surface area contributed by atoms with Crippen molar-refractivity contribution in [3.63, 3.8) is 0 Å². The monoisotopic (exact) mass is 704 g/mol. The molecule has 0 bridgehead atoms. The first kappa shape index (κ1) is 22.4. The molecule has 0 saturated carbocycles. The minimum absolute atomic E-state index is 0.0580. The normalized spacial score (nSPS) is 11.4. The van der Waals surface area contributed by atoms with Crippen LogP contribution in [0, 0.1) is 7.14 Å². The van der Waals surface area contributed by atoms with E-state index in [1.54, 1.807) is 12.1 Å². The second-order valence-electron chi connectivity index (χ2n) is 6.21. The highest BCUT2D eigenvalue weighted by atomic mass is 127. The summed E-state index contributed by atoms with van der Waals surface area (Å²) in [4.78, 5) is 24.4. The number of aromatic carboxylic acids is 1. The summed E-state index contributed by atoms with van der Waals surface area (Å²) >= 11 is 29.3. The molecule has 30 heavy (non-hydrogen) atoms. The Balaban J connectivity index is 2.35. The standard InChI is InChI=1S/C20H6Cl4I2O4/c21-16-14(15(20(28)29)17(22)19(24)18(16)23)13-7-3-6(25)1-2-11(7)30-12-5-10(27)9(26)4-8(12)13/h1-5H,(H,28,29). The minimum Gasteiger partial charge on any atom is -0.478 e. The van der Waals surface area contributed by atoms with Gasteiger partial charge in [-0.25, -0.2) is 4.79 Å². The fourth-order valence-corrected chi connectivity index (χ4v) is 5.19. The molecular formula is C20H6Cl4I2O4. The Hall–Kier alpha value is -0.780. The summed E-state index contributed by atoms with van der Waals surface area (Å²) in [7, 11) is 0. The Bertz CT molecular complexity index is 1410. The summed E-state index contributed by atoms with van der Waals surface area (Å²) in [5.74, 6) is -1.04. The molecule has 2 aromatic rings. The van der Waals surface area contributed by atoms with E-state index >= 15 is 0 Å². The van der Waals surface area contributed by atoms with E-state index in [2.05, 4.69) is 22.6 Å². The zero-order chi connectivity index (χ0) is 21.9. The van der Waals surface area contributed by atoms with Gasteiger partial charge in [0.2, 0.25) is 0 Å². The van der Waals surface area contributed by atoms with Gasteiger partial charge in [0.25, 0.3) is 0 Å². The van der Waals surface area contributed by atoms with Gasteiger partial charge in [-0.1, -0.05) is 46.4 Å². The summed E-state index contributed by atoms with van der Waals surface area (Å²) in [5.41, 5.74) is 0.959. The first-order chi connectivity index (χ1) is 14.1. The molecule has 0 fully saturated rings. The van der Waals surface area contributed by atoms with Crippen molar-refractivity contribution in [2.75, 3.05) is 0 Å². The number of benzene rings is 3. The molecule has 0 radical (unpaired) electrons. The summed E-state index contributed by atoms with van der Waals surface area (Å²) in [6.45, 7) is 0. The average molecular weight is 706 g/mol. The minimum atomic E-state index is -1.32. The zero-order valence-corrected chi connectivity index (χ0v) is 21.7. The first-order valence-electron chi connectivity index (χ1n) is 8.07. The van der Waals surface area contributed by atoms with Crippen LogP contribution >= 0.6 is 91.6 Å². The summed E-state index contributed by atoms with van der Waals surface area (Å²) in [5, 5.41) is 10.0. The summed E-state index contributed by atoms with van der Waals surface area (Å²) in [6.07, 6.45) is 0. The Morgan fingerprint density at radius 2 is 1.57 bits per heavy atom. The highest BCUT2D eigenvalue weighted by Gasteiger charge is 2.30. The number of rotatable bonds is 2. The Labute approximate surface area is 216 Å². The third-order valence-electron chi connectivity index (χ3n) is 4.47. The van der Waals surface area contributed by atoms with Crippen LogP contribution in [0.5, 0.6) is 0 Å². The lowest BCUT2D eigenvalue weighted by Crippen LogP contribution is -2.08. The van der Waals surface area contributed by atoms with Crippen molar-refractivity contribution in [2.45, 2.75) is 0 Å². The molecule has 152 valence electrons. The predicted molar refractivity (Wildman–Crippen MR) is 137 cm³/mol. The van der Waals surface area contributed by atoms with Crippen LogP contribution in [0.2, 0.25) is 20.1 Å². The fraction of sp³-hybridized carbons (Fsp3) is 0. The van der Waals surface area contributed by atoms with E-state index in [1.165, 1.54) is 6.07 Å². The quantitative estimate of drug-likeness (QED) is 0.0992. The van der Waals surface area contributed by atoms with Crippen molar-refractivity contribution < 1.29 is 14.3 Å². The van der Waals surface area contributed by atoms with Crippen molar-refractivity contribution >= 4 is 109 Å². The zero-order valence-electron chi connectivity index (χ0n) is 14.3. The third-order valence-corrected chi connectivity index (χ3v) is 7.78. The molecule has 2 aliphatic rings. The topological polar surface area (TPSA) is 67.5 Å². The molecule has 1 aliphatic heterocycles. The highest BCUT2D eigenvalue weighted by Crippen LogP contribution is 2.50. The third kappa shape index (κ3) is 3.59. The number of carbonyl (C=O) groups is 1. The molecule has 2 aromatic carbocycles. The fourth-order valence-electron chi connectivity index (χ4n) is 3.20. The predicted octanol–water partition coefficient (Wildman–Crippen LogP) is 8.09. The van der Waals surface area contributed by atoms with E-state index in [9.17, 15) is 14.7 Å². The van der Waals surface area contributed by atoms with E-state index in [0.29, 0.717) is 25.7 Å². The van der Waals surface area contributed by atoms with Crippen LogP contribution in [0.15, 0.2) is 39.5 Å². The van der Waals surface area contributed by atoms with Gasteiger partial charge in [0.15, 0.2) is 5.43 Å². The maximum absolute atomic E-state index is 12.2. The molecule has 0 saturated heterocycles. The van der Waals surface area contributed by atoms with Crippen LogP contribution in [0.25, 0.3) is 33.4 Å². The molecule has 0 spiro atoms. The van der Waals surface area contributed by atoms with Gasteiger partial charge < -0.3 is 9.52 Å². The molecule has 0 aromatic heterocycles. The number of hydrogen-bond acceptors (Lipinski definition) is 3. The van der Waals surface area contributed by atoms with Crippen LogP contribution in [-0.4, -0.2) is 11.1 Å². The summed E-state index contributed by atoms with van der Waals surface area (Å²) < 4.78 is 7.25. The van der Waals surface area contributed by atoms with Gasteiger partial charge in [-0.05, 0) is 69.4 Å². The lowest BCUT2D eigenvalue weighted by Gasteiger charge is -2.20. The van der Waals surface area contributed by atoms with Gasteiger partial charge in [0, 0.05) is 31.7 Å². The van der Waals surface area contributed by atoms with Crippen LogP contribution in [0.4, 0.5) is 0 Å². The molecule has 1 N–H and O–H groups in total. The first-order valence-corrected chi connectivity index (χ1v) is 11.7. The lowest BCUT2D eigenvalue weighted by atomic mass is 9.90. The van der Waals surface area contributed by atoms with Gasteiger partial charge in [-0.3, -0.25) is 4.79 Å². The summed E-state index contributed by atoms with van der Waals surface area (Å²) in [6, 6.07) is 8.36. The maximum Gasteiger partial charge on any atom is 0.337 e. The molecule has 0 amide bonds. The van der Waals surface area contributed by atoms with Crippen LogP contribution in [-0.2, 0) is 0 Å².